The van der Waals surface area contributed by atoms with E-state index in [1.165, 1.54) is 5.56 Å². The van der Waals surface area contributed by atoms with Crippen LogP contribution in [0.15, 0.2) is 48.5 Å². The molecule has 0 aromatic heterocycles. The summed E-state index contributed by atoms with van der Waals surface area (Å²) in [5.74, 6) is 1.81. The zero-order valence-electron chi connectivity index (χ0n) is 13.8. The van der Waals surface area contributed by atoms with Gasteiger partial charge in [0.15, 0.2) is 0 Å². The van der Waals surface area contributed by atoms with E-state index < -0.39 is 0 Å². The minimum Gasteiger partial charge on any atom is -0.491 e. The molecule has 1 N–H and O–H groups in total. The Morgan fingerprint density at radius 1 is 0.818 bits per heavy atom. The number of hydrogen-bond donors (Lipinski definition) is 1. The smallest absolute Gasteiger partial charge is 0.120 e. The van der Waals surface area contributed by atoms with Crippen LogP contribution in [0.1, 0.15) is 33.3 Å². The quantitative estimate of drug-likeness (QED) is 0.791. The lowest BCUT2D eigenvalue weighted by molar-refractivity contribution is 0.242. The third kappa shape index (κ3) is 5.32. The Hall–Kier alpha value is -2.16. The van der Waals surface area contributed by atoms with Gasteiger partial charge < -0.3 is 14.8 Å². The molecule has 0 heterocycles. The Morgan fingerprint density at radius 2 is 1.45 bits per heavy atom. The van der Waals surface area contributed by atoms with E-state index in [1.807, 2.05) is 64.1 Å². The molecule has 2 aromatic carbocycles. The highest BCUT2D eigenvalue weighted by molar-refractivity contribution is 5.47. The van der Waals surface area contributed by atoms with Crippen molar-refractivity contribution in [2.75, 3.05) is 5.32 Å². The molecular weight excluding hydrogens is 274 g/mol. The molecule has 0 bridgehead atoms. The Balaban J connectivity index is 1.92. The molecule has 2 aromatic rings. The first kappa shape index (κ1) is 16.2. The Bertz CT molecular complexity index is 576. The van der Waals surface area contributed by atoms with Crippen LogP contribution in [0.25, 0.3) is 0 Å². The molecule has 0 atom stereocenters. The second-order valence-corrected chi connectivity index (χ2v) is 5.86. The summed E-state index contributed by atoms with van der Waals surface area (Å²) in [6.07, 6.45) is 0.388. The van der Waals surface area contributed by atoms with Crippen molar-refractivity contribution in [3.05, 3.63) is 54.1 Å². The van der Waals surface area contributed by atoms with Crippen molar-refractivity contribution in [1.82, 2.24) is 0 Å². The predicted molar refractivity (Wildman–Crippen MR) is 91.7 cm³/mol. The minimum absolute atomic E-state index is 0.191. The summed E-state index contributed by atoms with van der Waals surface area (Å²) >= 11 is 0. The average molecular weight is 299 g/mol. The summed E-state index contributed by atoms with van der Waals surface area (Å²) in [5.41, 5.74) is 2.27. The van der Waals surface area contributed by atoms with Crippen molar-refractivity contribution >= 4 is 5.69 Å². The lowest BCUT2D eigenvalue weighted by Crippen LogP contribution is -2.06. The monoisotopic (exact) mass is 299 g/mol. The molecule has 22 heavy (non-hydrogen) atoms. The summed E-state index contributed by atoms with van der Waals surface area (Å²) in [7, 11) is 0. The van der Waals surface area contributed by atoms with Gasteiger partial charge in [-0.25, -0.2) is 0 Å². The molecular formula is C19H25NO2. The van der Waals surface area contributed by atoms with E-state index >= 15 is 0 Å². The van der Waals surface area contributed by atoms with Crippen LogP contribution < -0.4 is 14.8 Å². The summed E-state index contributed by atoms with van der Waals surface area (Å²) in [6, 6.07) is 16.2. The van der Waals surface area contributed by atoms with Gasteiger partial charge in [-0.1, -0.05) is 12.1 Å². The van der Waals surface area contributed by atoms with Crippen molar-refractivity contribution in [2.24, 2.45) is 0 Å². The second-order valence-electron chi connectivity index (χ2n) is 5.86. The SMILES string of the molecule is CC(C)Oc1ccc(NCc2cccc(OC(C)C)c2)cc1. The van der Waals surface area contributed by atoms with Crippen LogP contribution in [0.5, 0.6) is 11.5 Å². The first-order valence-electron chi connectivity index (χ1n) is 7.79. The van der Waals surface area contributed by atoms with Crippen LogP contribution in [-0.4, -0.2) is 12.2 Å². The normalized spacial score (nSPS) is 10.8. The summed E-state index contributed by atoms with van der Waals surface area (Å²) < 4.78 is 11.4. The number of nitrogens with one attached hydrogen (secondary N) is 1. The highest BCUT2D eigenvalue weighted by Gasteiger charge is 2.01. The molecule has 0 saturated carbocycles. The van der Waals surface area contributed by atoms with Crippen molar-refractivity contribution in [2.45, 2.75) is 46.4 Å². The summed E-state index contributed by atoms with van der Waals surface area (Å²) in [4.78, 5) is 0. The molecule has 3 heteroatoms. The number of ether oxygens (including phenoxy) is 2. The Morgan fingerprint density at radius 3 is 2.09 bits per heavy atom. The maximum absolute atomic E-state index is 5.72. The van der Waals surface area contributed by atoms with Gasteiger partial charge in [0.2, 0.25) is 0 Å². The molecule has 0 aliphatic carbocycles. The largest absolute Gasteiger partial charge is 0.491 e. The highest BCUT2D eigenvalue weighted by atomic mass is 16.5. The first-order chi connectivity index (χ1) is 10.5. The van der Waals surface area contributed by atoms with Gasteiger partial charge in [0.25, 0.3) is 0 Å². The van der Waals surface area contributed by atoms with Gasteiger partial charge >= 0.3 is 0 Å². The van der Waals surface area contributed by atoms with Crippen molar-refractivity contribution in [3.8, 4) is 11.5 Å². The van der Waals surface area contributed by atoms with E-state index in [1.54, 1.807) is 0 Å². The van der Waals surface area contributed by atoms with Gasteiger partial charge in [-0.3, -0.25) is 0 Å². The van der Waals surface area contributed by atoms with Gasteiger partial charge in [0.05, 0.1) is 12.2 Å². The molecule has 0 spiro atoms. The highest BCUT2D eigenvalue weighted by Crippen LogP contribution is 2.19. The standard InChI is InChI=1S/C19H25NO2/c1-14(2)21-18-10-8-17(9-11-18)20-13-16-6-5-7-19(12-16)22-15(3)4/h5-12,14-15,20H,13H2,1-4H3. The first-order valence-corrected chi connectivity index (χ1v) is 7.79. The molecule has 0 saturated heterocycles. The van der Waals surface area contributed by atoms with Crippen LogP contribution in [0.3, 0.4) is 0 Å². The molecule has 0 amide bonds. The third-order valence-corrected chi connectivity index (χ3v) is 2.99. The third-order valence-electron chi connectivity index (χ3n) is 2.99. The lowest BCUT2D eigenvalue weighted by Gasteiger charge is -2.13. The molecule has 0 fully saturated rings. The molecule has 0 aliphatic rings. The maximum atomic E-state index is 5.72. The van der Waals surface area contributed by atoms with Gasteiger partial charge in [0, 0.05) is 12.2 Å². The van der Waals surface area contributed by atoms with E-state index in [-0.39, 0.29) is 12.2 Å². The van der Waals surface area contributed by atoms with E-state index in [0.29, 0.717) is 0 Å². The molecule has 2 rings (SSSR count). The molecule has 0 unspecified atom stereocenters. The summed E-state index contributed by atoms with van der Waals surface area (Å²) in [6.45, 7) is 8.88. The van der Waals surface area contributed by atoms with Crippen LogP contribution in [0.4, 0.5) is 5.69 Å². The van der Waals surface area contributed by atoms with Gasteiger partial charge in [-0.15, -0.1) is 0 Å². The fourth-order valence-corrected chi connectivity index (χ4v) is 2.13. The number of rotatable bonds is 7. The van der Waals surface area contributed by atoms with Gasteiger partial charge in [-0.05, 0) is 69.7 Å². The van der Waals surface area contributed by atoms with Crippen LogP contribution >= 0.6 is 0 Å². The molecule has 118 valence electrons. The number of hydrogen-bond acceptors (Lipinski definition) is 3. The van der Waals surface area contributed by atoms with E-state index in [4.69, 9.17) is 9.47 Å². The second kappa shape index (κ2) is 7.74. The topological polar surface area (TPSA) is 30.5 Å². The Kier molecular flexibility index (Phi) is 5.70. The molecule has 0 aliphatic heterocycles. The van der Waals surface area contributed by atoms with Gasteiger partial charge in [0.1, 0.15) is 11.5 Å². The zero-order chi connectivity index (χ0) is 15.9. The van der Waals surface area contributed by atoms with E-state index in [9.17, 15) is 0 Å². The predicted octanol–water partition coefficient (Wildman–Crippen LogP) is 4.87. The fourth-order valence-electron chi connectivity index (χ4n) is 2.13. The van der Waals surface area contributed by atoms with E-state index in [2.05, 4.69) is 17.4 Å². The van der Waals surface area contributed by atoms with Crippen LogP contribution in [0.2, 0.25) is 0 Å². The molecule has 0 radical (unpaired) electrons. The van der Waals surface area contributed by atoms with Crippen LogP contribution in [-0.2, 0) is 6.54 Å². The summed E-state index contributed by atoms with van der Waals surface area (Å²) in [5, 5.41) is 3.41. The van der Waals surface area contributed by atoms with Crippen molar-refractivity contribution < 1.29 is 9.47 Å². The molecule has 3 nitrogen and oxygen atoms in total. The van der Waals surface area contributed by atoms with Gasteiger partial charge in [-0.2, -0.15) is 0 Å². The minimum atomic E-state index is 0.191. The van der Waals surface area contributed by atoms with Crippen molar-refractivity contribution in [1.29, 1.82) is 0 Å². The average Bonchev–Trinajstić information content (AvgIpc) is 2.46. The Labute approximate surface area is 133 Å². The van der Waals surface area contributed by atoms with Crippen LogP contribution in [0, 0.1) is 0 Å². The zero-order valence-corrected chi connectivity index (χ0v) is 13.8. The fraction of sp³-hybridized carbons (Fsp3) is 0.368. The maximum Gasteiger partial charge on any atom is 0.120 e. The lowest BCUT2D eigenvalue weighted by atomic mass is 10.2. The number of anilines is 1. The van der Waals surface area contributed by atoms with Crippen molar-refractivity contribution in [3.63, 3.8) is 0 Å². The van der Waals surface area contributed by atoms with E-state index in [0.717, 1.165) is 23.7 Å². The number of benzene rings is 2.